The van der Waals surface area contributed by atoms with E-state index in [0.717, 1.165) is 28.0 Å². The molecule has 3 aromatic carbocycles. The van der Waals surface area contributed by atoms with Gasteiger partial charge in [-0.05, 0) is 41.2 Å². The third-order valence-corrected chi connectivity index (χ3v) is 4.93. The van der Waals surface area contributed by atoms with Crippen LogP contribution in [0, 0.1) is 6.92 Å². The minimum absolute atomic E-state index is 0.0195. The zero-order valence-electron chi connectivity index (χ0n) is 17.5. The molecule has 0 aliphatic rings. The summed E-state index contributed by atoms with van der Waals surface area (Å²) < 4.78 is 6.01. The van der Waals surface area contributed by atoms with Gasteiger partial charge in [0, 0.05) is 13.1 Å². The Bertz CT molecular complexity index is 878. The maximum atomic E-state index is 13.1. The first-order valence-corrected chi connectivity index (χ1v) is 10.1. The van der Waals surface area contributed by atoms with Gasteiger partial charge < -0.3 is 9.64 Å². The molecule has 3 nitrogen and oxygen atoms in total. The zero-order valence-corrected chi connectivity index (χ0v) is 17.5. The average Bonchev–Trinajstić information content (AvgIpc) is 2.73. The number of nitrogens with zero attached hydrogens (tertiary/aromatic N) is 1. The van der Waals surface area contributed by atoms with Crippen molar-refractivity contribution in [2.75, 3.05) is 6.61 Å². The second-order valence-corrected chi connectivity index (χ2v) is 7.71. The molecule has 0 unspecified atom stereocenters. The number of ether oxygens (including phenoxy) is 1. The van der Waals surface area contributed by atoms with Gasteiger partial charge in [0.25, 0.3) is 5.91 Å². The Morgan fingerprint density at radius 3 is 1.93 bits per heavy atom. The lowest BCUT2D eigenvalue weighted by Crippen LogP contribution is -2.34. The van der Waals surface area contributed by atoms with Gasteiger partial charge in [0.15, 0.2) is 6.61 Å². The number of carbonyl (C=O) groups is 1. The quantitative estimate of drug-likeness (QED) is 0.494. The summed E-state index contributed by atoms with van der Waals surface area (Å²) in [6, 6.07) is 26.3. The first kappa shape index (κ1) is 20.7. The smallest absolute Gasteiger partial charge is 0.261 e. The van der Waals surface area contributed by atoms with Crippen molar-refractivity contribution in [1.29, 1.82) is 0 Å². The van der Waals surface area contributed by atoms with Crippen LogP contribution in [0.5, 0.6) is 5.75 Å². The minimum Gasteiger partial charge on any atom is -0.483 e. The van der Waals surface area contributed by atoms with E-state index in [4.69, 9.17) is 4.74 Å². The summed E-state index contributed by atoms with van der Waals surface area (Å²) in [7, 11) is 0. The van der Waals surface area contributed by atoms with Crippen LogP contribution in [-0.2, 0) is 17.9 Å². The van der Waals surface area contributed by atoms with Crippen LogP contribution in [0.3, 0.4) is 0 Å². The molecule has 0 heterocycles. The molecule has 0 saturated carbocycles. The molecule has 0 N–H and O–H groups in total. The highest BCUT2D eigenvalue weighted by Crippen LogP contribution is 2.27. The molecule has 0 bridgehead atoms. The lowest BCUT2D eigenvalue weighted by Gasteiger charge is -2.24. The SMILES string of the molecule is Cc1ccc(C(C)C)c(OCC(=O)N(Cc2ccccc2)Cc2ccccc2)c1. The lowest BCUT2D eigenvalue weighted by molar-refractivity contribution is -0.134. The van der Waals surface area contributed by atoms with Crippen LogP contribution in [-0.4, -0.2) is 17.4 Å². The summed E-state index contributed by atoms with van der Waals surface area (Å²) in [4.78, 5) is 14.9. The van der Waals surface area contributed by atoms with Crippen molar-refractivity contribution in [1.82, 2.24) is 4.90 Å². The topological polar surface area (TPSA) is 29.5 Å². The molecule has 150 valence electrons. The second-order valence-electron chi connectivity index (χ2n) is 7.71. The van der Waals surface area contributed by atoms with Gasteiger partial charge in [-0.1, -0.05) is 86.6 Å². The van der Waals surface area contributed by atoms with Crippen molar-refractivity contribution in [3.63, 3.8) is 0 Å². The number of carbonyl (C=O) groups excluding carboxylic acids is 1. The van der Waals surface area contributed by atoms with E-state index in [1.54, 1.807) is 0 Å². The van der Waals surface area contributed by atoms with Crippen LogP contribution in [0.4, 0.5) is 0 Å². The Kier molecular flexibility index (Phi) is 7.07. The van der Waals surface area contributed by atoms with Crippen LogP contribution in [0.15, 0.2) is 78.9 Å². The third-order valence-electron chi connectivity index (χ3n) is 4.93. The van der Waals surface area contributed by atoms with E-state index < -0.39 is 0 Å². The fourth-order valence-corrected chi connectivity index (χ4v) is 3.31. The molecule has 0 aromatic heterocycles. The second kappa shape index (κ2) is 9.92. The van der Waals surface area contributed by atoms with Crippen LogP contribution in [0.25, 0.3) is 0 Å². The number of aryl methyl sites for hydroxylation is 1. The number of hydrogen-bond acceptors (Lipinski definition) is 2. The summed E-state index contributed by atoms with van der Waals surface area (Å²) in [5, 5.41) is 0. The first-order chi connectivity index (χ1) is 14.0. The van der Waals surface area contributed by atoms with Crippen molar-refractivity contribution in [2.24, 2.45) is 0 Å². The van der Waals surface area contributed by atoms with Gasteiger partial charge in [0.05, 0.1) is 0 Å². The summed E-state index contributed by atoms with van der Waals surface area (Å²) in [5.41, 5.74) is 4.47. The van der Waals surface area contributed by atoms with E-state index >= 15 is 0 Å². The molecule has 0 saturated heterocycles. The molecule has 3 aromatic rings. The number of rotatable bonds is 8. The average molecular weight is 388 g/mol. The molecule has 29 heavy (non-hydrogen) atoms. The molecule has 0 aliphatic carbocycles. The normalized spacial score (nSPS) is 10.8. The van der Waals surface area contributed by atoms with Crippen molar-refractivity contribution >= 4 is 5.91 Å². The standard InChI is InChI=1S/C26H29NO2/c1-20(2)24-15-14-21(3)16-25(24)29-19-26(28)27(17-22-10-6-4-7-11-22)18-23-12-8-5-9-13-23/h4-16,20H,17-19H2,1-3H3. The summed E-state index contributed by atoms with van der Waals surface area (Å²) >= 11 is 0. The van der Waals surface area contributed by atoms with E-state index in [2.05, 4.69) is 26.0 Å². The largest absolute Gasteiger partial charge is 0.483 e. The molecule has 1 amide bonds. The number of hydrogen-bond donors (Lipinski definition) is 0. The van der Waals surface area contributed by atoms with Crippen LogP contribution < -0.4 is 4.74 Å². The van der Waals surface area contributed by atoms with E-state index in [-0.39, 0.29) is 12.5 Å². The molecule has 0 aliphatic heterocycles. The molecule has 3 rings (SSSR count). The van der Waals surface area contributed by atoms with Crippen molar-refractivity contribution in [2.45, 2.75) is 39.8 Å². The fraction of sp³-hybridized carbons (Fsp3) is 0.269. The summed E-state index contributed by atoms with van der Waals surface area (Å²) in [5.74, 6) is 1.12. The maximum absolute atomic E-state index is 13.1. The Labute approximate surface area is 174 Å². The summed E-state index contributed by atoms with van der Waals surface area (Å²) in [6.45, 7) is 7.46. The molecule has 0 radical (unpaired) electrons. The Balaban J connectivity index is 1.75. The molecule has 0 spiro atoms. The minimum atomic E-state index is -0.0195. The number of benzene rings is 3. The Hall–Kier alpha value is -3.07. The summed E-state index contributed by atoms with van der Waals surface area (Å²) in [6.07, 6.45) is 0. The first-order valence-electron chi connectivity index (χ1n) is 10.1. The van der Waals surface area contributed by atoms with E-state index in [9.17, 15) is 4.79 Å². The Morgan fingerprint density at radius 2 is 1.41 bits per heavy atom. The van der Waals surface area contributed by atoms with Crippen molar-refractivity contribution < 1.29 is 9.53 Å². The highest BCUT2D eigenvalue weighted by atomic mass is 16.5. The van der Waals surface area contributed by atoms with Crippen LogP contribution >= 0.6 is 0 Å². The predicted octanol–water partition coefficient (Wildman–Crippen LogP) is 5.73. The van der Waals surface area contributed by atoms with Crippen LogP contribution in [0.1, 0.15) is 42.0 Å². The van der Waals surface area contributed by atoms with Crippen molar-refractivity contribution in [3.05, 3.63) is 101 Å². The van der Waals surface area contributed by atoms with Crippen LogP contribution in [0.2, 0.25) is 0 Å². The lowest BCUT2D eigenvalue weighted by atomic mass is 10.0. The van der Waals surface area contributed by atoms with E-state index in [0.29, 0.717) is 19.0 Å². The molecule has 3 heteroatoms. The van der Waals surface area contributed by atoms with Gasteiger partial charge in [-0.2, -0.15) is 0 Å². The third kappa shape index (κ3) is 5.95. The molecular formula is C26H29NO2. The van der Waals surface area contributed by atoms with Gasteiger partial charge in [0.1, 0.15) is 5.75 Å². The molecular weight excluding hydrogens is 358 g/mol. The highest BCUT2D eigenvalue weighted by molar-refractivity contribution is 5.78. The highest BCUT2D eigenvalue weighted by Gasteiger charge is 2.17. The van der Waals surface area contributed by atoms with Gasteiger partial charge in [0.2, 0.25) is 0 Å². The maximum Gasteiger partial charge on any atom is 0.261 e. The fourth-order valence-electron chi connectivity index (χ4n) is 3.31. The van der Waals surface area contributed by atoms with E-state index in [1.807, 2.05) is 78.6 Å². The number of amides is 1. The van der Waals surface area contributed by atoms with Gasteiger partial charge >= 0.3 is 0 Å². The van der Waals surface area contributed by atoms with Gasteiger partial charge in [-0.25, -0.2) is 0 Å². The Morgan fingerprint density at radius 1 is 0.862 bits per heavy atom. The predicted molar refractivity (Wildman–Crippen MR) is 118 cm³/mol. The molecule has 0 fully saturated rings. The van der Waals surface area contributed by atoms with E-state index in [1.165, 1.54) is 0 Å². The molecule has 0 atom stereocenters. The van der Waals surface area contributed by atoms with Gasteiger partial charge in [-0.15, -0.1) is 0 Å². The van der Waals surface area contributed by atoms with Crippen molar-refractivity contribution in [3.8, 4) is 5.75 Å². The monoisotopic (exact) mass is 387 g/mol. The van der Waals surface area contributed by atoms with Gasteiger partial charge in [-0.3, -0.25) is 4.79 Å². The zero-order chi connectivity index (χ0) is 20.6.